The van der Waals surface area contributed by atoms with Crippen LogP contribution in [-0.4, -0.2) is 36.5 Å². The van der Waals surface area contributed by atoms with Gasteiger partial charge in [-0.1, -0.05) is 23.7 Å². The highest BCUT2D eigenvalue weighted by Crippen LogP contribution is 2.16. The monoisotopic (exact) mass is 373 g/mol. The lowest BCUT2D eigenvalue weighted by atomic mass is 10.2. The maximum Gasteiger partial charge on any atom is 0.339 e. The van der Waals surface area contributed by atoms with Crippen molar-refractivity contribution in [1.29, 1.82) is 0 Å². The van der Waals surface area contributed by atoms with Crippen molar-refractivity contribution in [2.45, 2.75) is 13.5 Å². The van der Waals surface area contributed by atoms with Gasteiger partial charge in [-0.3, -0.25) is 14.2 Å². The Bertz CT molecular complexity index is 992. The largest absolute Gasteiger partial charge is 0.478 e. The van der Waals surface area contributed by atoms with Crippen LogP contribution in [0.2, 0.25) is 5.02 Å². The summed E-state index contributed by atoms with van der Waals surface area (Å²) in [5.74, 6) is -1.53. The first kappa shape index (κ1) is 17.7. The van der Waals surface area contributed by atoms with E-state index in [1.165, 1.54) is 10.9 Å². The van der Waals surface area contributed by atoms with E-state index in [0.29, 0.717) is 17.4 Å². The summed E-state index contributed by atoms with van der Waals surface area (Å²) in [5.41, 5.74) is 1.47. The molecule has 0 radical (unpaired) electrons. The zero-order chi connectivity index (χ0) is 18.8. The second-order valence-corrected chi connectivity index (χ2v) is 6.22. The number of amides is 1. The van der Waals surface area contributed by atoms with Crippen LogP contribution in [0.25, 0.3) is 0 Å². The minimum Gasteiger partial charge on any atom is -0.478 e. The number of carboxylic acid groups (broad SMARTS) is 1. The van der Waals surface area contributed by atoms with E-state index in [1.54, 1.807) is 23.9 Å². The summed E-state index contributed by atoms with van der Waals surface area (Å²) in [7, 11) is 1.55. The number of halogens is 1. The van der Waals surface area contributed by atoms with E-state index in [1.807, 2.05) is 25.1 Å². The highest BCUT2D eigenvalue weighted by Gasteiger charge is 2.22. The molecule has 1 aromatic carbocycles. The van der Waals surface area contributed by atoms with Crippen molar-refractivity contribution in [1.82, 2.24) is 19.6 Å². The average molecular weight is 374 g/mol. The molecule has 0 aliphatic rings. The lowest BCUT2D eigenvalue weighted by Crippen LogP contribution is -2.17. The van der Waals surface area contributed by atoms with E-state index in [2.05, 4.69) is 15.5 Å². The van der Waals surface area contributed by atoms with E-state index in [4.69, 9.17) is 16.7 Å². The maximum atomic E-state index is 12.4. The van der Waals surface area contributed by atoms with Gasteiger partial charge in [0.15, 0.2) is 11.5 Å². The summed E-state index contributed by atoms with van der Waals surface area (Å²) in [6.07, 6.45) is 1.28. The van der Waals surface area contributed by atoms with Gasteiger partial charge < -0.3 is 10.4 Å². The standard InChI is InChI=1S/C17H16ClN5O3/c1-10-6-14(20-23(10)8-11-4-3-5-12(18)7-11)19-16(24)15-13(17(25)26)9-22(2)21-15/h3-7,9H,8H2,1-2H3,(H,25,26)(H,19,20,24). The third-order valence-corrected chi connectivity index (χ3v) is 3.95. The van der Waals surface area contributed by atoms with Crippen LogP contribution in [0.5, 0.6) is 0 Å². The molecular formula is C17H16ClN5O3. The van der Waals surface area contributed by atoms with Crippen LogP contribution in [0.4, 0.5) is 5.82 Å². The molecule has 2 aromatic heterocycles. The number of hydrogen-bond acceptors (Lipinski definition) is 4. The number of benzene rings is 1. The molecule has 9 heteroatoms. The molecule has 2 N–H and O–H groups in total. The number of aromatic carboxylic acids is 1. The topological polar surface area (TPSA) is 102 Å². The fraction of sp³-hybridized carbons (Fsp3) is 0.176. The van der Waals surface area contributed by atoms with Crippen molar-refractivity contribution in [2.24, 2.45) is 7.05 Å². The molecule has 0 spiro atoms. The quantitative estimate of drug-likeness (QED) is 0.715. The molecular weight excluding hydrogens is 358 g/mol. The summed E-state index contributed by atoms with van der Waals surface area (Å²) >= 11 is 5.99. The number of hydrogen-bond donors (Lipinski definition) is 2. The highest BCUT2D eigenvalue weighted by atomic mass is 35.5. The number of aryl methyl sites for hydroxylation is 2. The molecule has 0 saturated heterocycles. The van der Waals surface area contributed by atoms with Crippen LogP contribution in [-0.2, 0) is 13.6 Å². The molecule has 3 aromatic rings. The predicted molar refractivity (Wildman–Crippen MR) is 95.6 cm³/mol. The first-order valence-electron chi connectivity index (χ1n) is 7.70. The Labute approximate surface area is 154 Å². The predicted octanol–water partition coefficient (Wildman–Crippen LogP) is 2.58. The van der Waals surface area contributed by atoms with Crippen molar-refractivity contribution < 1.29 is 14.7 Å². The van der Waals surface area contributed by atoms with Crippen LogP contribution in [0, 0.1) is 6.92 Å². The van der Waals surface area contributed by atoms with Gasteiger partial charge in [-0.2, -0.15) is 10.2 Å². The fourth-order valence-electron chi connectivity index (χ4n) is 2.53. The minimum absolute atomic E-state index is 0.165. The zero-order valence-corrected chi connectivity index (χ0v) is 14.9. The molecule has 3 rings (SSSR count). The van der Waals surface area contributed by atoms with Gasteiger partial charge in [-0.15, -0.1) is 0 Å². The first-order valence-corrected chi connectivity index (χ1v) is 8.08. The molecule has 26 heavy (non-hydrogen) atoms. The number of carboxylic acids is 1. The molecule has 0 aliphatic carbocycles. The van der Waals surface area contributed by atoms with Crippen molar-refractivity contribution in [2.75, 3.05) is 5.32 Å². The Morgan fingerprint density at radius 1 is 1.27 bits per heavy atom. The van der Waals surface area contributed by atoms with Crippen LogP contribution in [0.3, 0.4) is 0 Å². The number of carbonyl (C=O) groups is 2. The molecule has 0 aliphatic heterocycles. The maximum absolute atomic E-state index is 12.4. The fourth-order valence-corrected chi connectivity index (χ4v) is 2.74. The van der Waals surface area contributed by atoms with Crippen molar-refractivity contribution in [3.05, 3.63) is 64.1 Å². The number of anilines is 1. The molecule has 134 valence electrons. The summed E-state index contributed by atoms with van der Waals surface area (Å²) in [5, 5.41) is 20.6. The molecule has 0 unspecified atom stereocenters. The van der Waals surface area contributed by atoms with Gasteiger partial charge in [-0.05, 0) is 24.6 Å². The Balaban J connectivity index is 1.79. The molecule has 2 heterocycles. The van der Waals surface area contributed by atoms with Gasteiger partial charge in [0.2, 0.25) is 0 Å². The number of nitrogens with one attached hydrogen (secondary N) is 1. The normalized spacial score (nSPS) is 10.7. The van der Waals surface area contributed by atoms with Gasteiger partial charge in [0.25, 0.3) is 5.91 Å². The smallest absolute Gasteiger partial charge is 0.339 e. The molecule has 0 saturated carbocycles. The zero-order valence-electron chi connectivity index (χ0n) is 14.1. The number of carbonyl (C=O) groups excluding carboxylic acids is 1. The summed E-state index contributed by atoms with van der Waals surface area (Å²) in [6.45, 7) is 2.35. The number of nitrogens with zero attached hydrogens (tertiary/aromatic N) is 4. The molecule has 0 bridgehead atoms. The van der Waals surface area contributed by atoms with Gasteiger partial charge >= 0.3 is 5.97 Å². The van der Waals surface area contributed by atoms with Crippen LogP contribution in [0.1, 0.15) is 32.1 Å². The summed E-state index contributed by atoms with van der Waals surface area (Å²) in [4.78, 5) is 23.6. The van der Waals surface area contributed by atoms with Gasteiger partial charge in [0, 0.05) is 30.0 Å². The van der Waals surface area contributed by atoms with E-state index in [-0.39, 0.29) is 11.3 Å². The summed E-state index contributed by atoms with van der Waals surface area (Å²) < 4.78 is 3.00. The van der Waals surface area contributed by atoms with Crippen molar-refractivity contribution in [3.8, 4) is 0 Å². The molecule has 8 nitrogen and oxygen atoms in total. The SMILES string of the molecule is Cc1cc(NC(=O)c2nn(C)cc2C(=O)O)nn1Cc1cccc(Cl)c1. The molecule has 0 atom stereocenters. The highest BCUT2D eigenvalue weighted by molar-refractivity contribution is 6.30. The van der Waals surface area contributed by atoms with E-state index in [0.717, 1.165) is 11.3 Å². The number of rotatable bonds is 5. The van der Waals surface area contributed by atoms with Crippen LogP contribution < -0.4 is 5.32 Å². The van der Waals surface area contributed by atoms with Crippen LogP contribution >= 0.6 is 11.6 Å². The Morgan fingerprint density at radius 2 is 2.04 bits per heavy atom. The minimum atomic E-state index is -1.22. The van der Waals surface area contributed by atoms with Gasteiger partial charge in [-0.25, -0.2) is 4.79 Å². The Morgan fingerprint density at radius 3 is 2.73 bits per heavy atom. The Hall–Kier alpha value is -3.13. The van der Waals surface area contributed by atoms with E-state index >= 15 is 0 Å². The third-order valence-electron chi connectivity index (χ3n) is 3.72. The number of aromatic nitrogens is 4. The summed E-state index contributed by atoms with van der Waals surface area (Å²) in [6, 6.07) is 9.12. The molecule has 1 amide bonds. The Kier molecular flexibility index (Phi) is 4.77. The second-order valence-electron chi connectivity index (χ2n) is 5.78. The van der Waals surface area contributed by atoms with E-state index < -0.39 is 11.9 Å². The van der Waals surface area contributed by atoms with E-state index in [9.17, 15) is 9.59 Å². The van der Waals surface area contributed by atoms with Crippen LogP contribution in [0.15, 0.2) is 36.5 Å². The average Bonchev–Trinajstić information content (AvgIpc) is 3.11. The third kappa shape index (κ3) is 3.75. The van der Waals surface area contributed by atoms with Crippen molar-refractivity contribution in [3.63, 3.8) is 0 Å². The molecule has 0 fully saturated rings. The lowest BCUT2D eigenvalue weighted by Gasteiger charge is -2.05. The lowest BCUT2D eigenvalue weighted by molar-refractivity contribution is 0.0692. The first-order chi connectivity index (χ1) is 12.3. The second kappa shape index (κ2) is 7.01. The van der Waals surface area contributed by atoms with Gasteiger partial charge in [0.1, 0.15) is 5.56 Å². The van der Waals surface area contributed by atoms with Crippen molar-refractivity contribution >= 4 is 29.3 Å². The van der Waals surface area contributed by atoms with Gasteiger partial charge in [0.05, 0.1) is 6.54 Å².